The van der Waals surface area contributed by atoms with E-state index in [2.05, 4.69) is 9.97 Å². The zero-order valence-electron chi connectivity index (χ0n) is 22.1. The largest absolute Gasteiger partial charge is 0.508 e. The number of carbonyl (C=O) groups is 2. The van der Waals surface area contributed by atoms with Crippen LogP contribution in [0.2, 0.25) is 0 Å². The Morgan fingerprint density at radius 2 is 1.82 bits per heavy atom. The molecule has 2 heterocycles. The molecule has 15 heteroatoms. The summed E-state index contributed by atoms with van der Waals surface area (Å²) in [5.41, 5.74) is 1.33. The summed E-state index contributed by atoms with van der Waals surface area (Å²) in [7, 11) is 1.08. The Morgan fingerprint density at radius 3 is 2.55 bits per heavy atom. The molecule has 3 aromatic rings. The summed E-state index contributed by atoms with van der Waals surface area (Å²) in [4.78, 5) is 34.9. The number of alkyl halides is 3. The van der Waals surface area contributed by atoms with E-state index in [1.165, 1.54) is 42.8 Å². The first kappa shape index (κ1) is 30.8. The number of imidazole rings is 1. The number of carbonyl (C=O) groups excluding carboxylic acids is 2. The molecule has 0 N–H and O–H groups in total. The van der Waals surface area contributed by atoms with E-state index in [1.54, 1.807) is 24.3 Å². The van der Waals surface area contributed by atoms with Crippen LogP contribution in [-0.2, 0) is 30.8 Å². The number of fused-ring (bicyclic) bond motifs is 1. The first-order valence-corrected chi connectivity index (χ1v) is 13.4. The number of likely N-dealkylation sites (N-methyl/N-ethyl adjacent to an activating group) is 1. The molecule has 0 saturated heterocycles. The first-order valence-electron chi connectivity index (χ1n) is 12.1. The van der Waals surface area contributed by atoms with E-state index in [9.17, 15) is 27.0 Å². The Balaban J connectivity index is 1.75. The molecule has 0 spiro atoms. The molecule has 0 aliphatic heterocycles. The summed E-state index contributed by atoms with van der Waals surface area (Å²) in [6.45, 7) is 0.444. The SMILES string of the molecule is COCCCOC(=O)OCCN(C)C(=O)n1c([S@](=O)Cc2nccc(OCC(F)(F)F)c2C)nc2ccccc21. The molecular weight excluding hydrogens is 557 g/mol. The van der Waals surface area contributed by atoms with Gasteiger partial charge in [0.1, 0.15) is 12.4 Å². The minimum atomic E-state index is -4.52. The summed E-state index contributed by atoms with van der Waals surface area (Å²) in [6.07, 6.45) is -3.63. The number of halogens is 3. The maximum absolute atomic E-state index is 13.5. The van der Waals surface area contributed by atoms with Crippen LogP contribution in [0.25, 0.3) is 11.0 Å². The van der Waals surface area contributed by atoms with Gasteiger partial charge in [-0.3, -0.25) is 9.19 Å². The van der Waals surface area contributed by atoms with Crippen molar-refractivity contribution < 1.29 is 45.9 Å². The van der Waals surface area contributed by atoms with E-state index in [4.69, 9.17) is 18.9 Å². The summed E-state index contributed by atoms with van der Waals surface area (Å²) in [5.74, 6) is -0.270. The predicted molar refractivity (Wildman–Crippen MR) is 138 cm³/mol. The lowest BCUT2D eigenvalue weighted by Crippen LogP contribution is -2.35. The smallest absolute Gasteiger partial charge is 0.484 e. The van der Waals surface area contributed by atoms with Crippen LogP contribution in [0.15, 0.2) is 41.7 Å². The number of para-hydroxylation sites is 2. The van der Waals surface area contributed by atoms with Crippen LogP contribution in [0.5, 0.6) is 5.75 Å². The Kier molecular flexibility index (Phi) is 10.8. The van der Waals surface area contributed by atoms with Crippen LogP contribution in [-0.4, -0.2) is 89.1 Å². The third-order valence-corrected chi connectivity index (χ3v) is 6.75. The Hall–Kier alpha value is -3.72. The third-order valence-electron chi connectivity index (χ3n) is 5.53. The van der Waals surface area contributed by atoms with Crippen molar-refractivity contribution >= 4 is 34.0 Å². The van der Waals surface area contributed by atoms with Crippen molar-refractivity contribution in [1.82, 2.24) is 19.4 Å². The number of hydrogen-bond donors (Lipinski definition) is 0. The fourth-order valence-corrected chi connectivity index (χ4v) is 4.73. The van der Waals surface area contributed by atoms with Crippen molar-refractivity contribution in [2.24, 2.45) is 0 Å². The summed E-state index contributed by atoms with van der Waals surface area (Å²) < 4.78 is 72.1. The quantitative estimate of drug-likeness (QED) is 0.228. The highest BCUT2D eigenvalue weighted by molar-refractivity contribution is 7.84. The number of ether oxygens (including phenoxy) is 4. The van der Waals surface area contributed by atoms with Gasteiger partial charge in [0.2, 0.25) is 5.16 Å². The van der Waals surface area contributed by atoms with E-state index in [-0.39, 0.29) is 47.7 Å². The zero-order chi connectivity index (χ0) is 29.3. The van der Waals surface area contributed by atoms with Gasteiger partial charge in [0.05, 0.1) is 46.4 Å². The lowest BCUT2D eigenvalue weighted by molar-refractivity contribution is -0.153. The monoisotopic (exact) mass is 586 g/mol. The Bertz CT molecular complexity index is 1350. The lowest BCUT2D eigenvalue weighted by Gasteiger charge is -2.19. The highest BCUT2D eigenvalue weighted by Crippen LogP contribution is 2.26. The van der Waals surface area contributed by atoms with E-state index in [0.29, 0.717) is 24.1 Å². The maximum atomic E-state index is 13.5. The van der Waals surface area contributed by atoms with E-state index < -0.39 is 35.8 Å². The van der Waals surface area contributed by atoms with E-state index in [0.717, 1.165) is 0 Å². The summed E-state index contributed by atoms with van der Waals surface area (Å²) >= 11 is 0. The standard InChI is InChI=1S/C25H29F3N4O7S/c1-17-19(29-10-9-21(17)39-16-25(26,27)28)15-40(35)22-30-18-7-4-5-8-20(18)32(22)23(33)31(2)11-14-38-24(34)37-13-6-12-36-3/h4-5,7-10H,6,11-16H2,1-3H3/t40-/m1/s1. The number of methoxy groups -OCH3 is 1. The molecule has 3 rings (SSSR count). The molecule has 40 heavy (non-hydrogen) atoms. The highest BCUT2D eigenvalue weighted by atomic mass is 32.2. The van der Waals surface area contributed by atoms with Gasteiger partial charge < -0.3 is 23.8 Å². The second kappa shape index (κ2) is 14.1. The number of rotatable bonds is 12. The van der Waals surface area contributed by atoms with Crippen LogP contribution >= 0.6 is 0 Å². The normalized spacial score (nSPS) is 12.2. The van der Waals surface area contributed by atoms with Gasteiger partial charge in [0.15, 0.2) is 6.61 Å². The van der Waals surface area contributed by atoms with Crippen molar-refractivity contribution in [2.45, 2.75) is 30.4 Å². The molecule has 1 atom stereocenters. The van der Waals surface area contributed by atoms with Gasteiger partial charge in [0.25, 0.3) is 0 Å². The number of amides is 1. The minimum absolute atomic E-state index is 0.00381. The third kappa shape index (κ3) is 8.39. The van der Waals surface area contributed by atoms with Gasteiger partial charge in [-0.25, -0.2) is 19.1 Å². The molecule has 0 bridgehead atoms. The average Bonchev–Trinajstić information content (AvgIpc) is 3.30. The molecule has 2 aromatic heterocycles. The molecule has 0 aliphatic carbocycles. The van der Waals surface area contributed by atoms with Crippen LogP contribution in [0.3, 0.4) is 0 Å². The van der Waals surface area contributed by atoms with Crippen molar-refractivity contribution in [3.63, 3.8) is 0 Å². The number of pyridine rings is 1. The van der Waals surface area contributed by atoms with Gasteiger partial charge in [-0.15, -0.1) is 0 Å². The van der Waals surface area contributed by atoms with Crippen molar-refractivity contribution in [2.75, 3.05) is 47.1 Å². The van der Waals surface area contributed by atoms with Gasteiger partial charge in [-0.2, -0.15) is 13.2 Å². The maximum Gasteiger partial charge on any atom is 0.508 e. The number of aromatic nitrogens is 3. The van der Waals surface area contributed by atoms with Gasteiger partial charge in [0, 0.05) is 38.9 Å². The van der Waals surface area contributed by atoms with Crippen LogP contribution < -0.4 is 4.74 Å². The Morgan fingerprint density at radius 1 is 1.10 bits per heavy atom. The van der Waals surface area contributed by atoms with Crippen LogP contribution in [0.1, 0.15) is 17.7 Å². The number of nitrogens with zero attached hydrogens (tertiary/aromatic N) is 4. The second-order valence-corrected chi connectivity index (χ2v) is 9.84. The molecule has 1 amide bonds. The molecule has 218 valence electrons. The number of benzene rings is 1. The molecule has 0 saturated carbocycles. The lowest BCUT2D eigenvalue weighted by atomic mass is 10.2. The van der Waals surface area contributed by atoms with Crippen LogP contribution in [0, 0.1) is 6.92 Å². The zero-order valence-corrected chi connectivity index (χ0v) is 22.9. The van der Waals surface area contributed by atoms with Gasteiger partial charge in [-0.05, 0) is 25.1 Å². The van der Waals surface area contributed by atoms with E-state index in [1.807, 2.05) is 0 Å². The minimum Gasteiger partial charge on any atom is -0.484 e. The van der Waals surface area contributed by atoms with E-state index >= 15 is 0 Å². The first-order chi connectivity index (χ1) is 19.0. The van der Waals surface area contributed by atoms with Crippen molar-refractivity contribution in [3.05, 3.63) is 47.8 Å². The summed E-state index contributed by atoms with van der Waals surface area (Å²) in [6, 6.07) is 7.39. The molecular formula is C25H29F3N4O7S. The Labute approximate surface area is 230 Å². The van der Waals surface area contributed by atoms with Gasteiger partial charge >= 0.3 is 18.4 Å². The van der Waals surface area contributed by atoms with Crippen molar-refractivity contribution in [1.29, 1.82) is 0 Å². The average molecular weight is 587 g/mol. The van der Waals surface area contributed by atoms with Crippen LogP contribution in [0.4, 0.5) is 22.8 Å². The molecule has 0 fully saturated rings. The molecule has 0 aliphatic rings. The molecule has 11 nitrogen and oxygen atoms in total. The second-order valence-electron chi connectivity index (χ2n) is 8.49. The molecule has 0 radical (unpaired) electrons. The fourth-order valence-electron chi connectivity index (χ4n) is 3.48. The summed E-state index contributed by atoms with van der Waals surface area (Å²) in [5, 5.41) is -0.0701. The number of hydrogen-bond acceptors (Lipinski definition) is 9. The fraction of sp³-hybridized carbons (Fsp3) is 0.440. The molecule has 0 unspecified atom stereocenters. The van der Waals surface area contributed by atoms with Gasteiger partial charge in [-0.1, -0.05) is 12.1 Å². The topological polar surface area (TPSA) is 122 Å². The van der Waals surface area contributed by atoms with Crippen molar-refractivity contribution in [3.8, 4) is 5.75 Å². The molecule has 1 aromatic carbocycles. The predicted octanol–water partition coefficient (Wildman–Crippen LogP) is 4.08. The highest BCUT2D eigenvalue weighted by Gasteiger charge is 2.29.